The van der Waals surface area contributed by atoms with Crippen molar-refractivity contribution in [3.8, 4) is 0 Å². The SMILES string of the molecule is CO[C@@H]1C[C@@H](c2nc(C)c(C)[nH]2)N(Cc2cccc3nccn23)C1. The number of nitrogens with zero attached hydrogens (tertiary/aromatic N) is 4. The smallest absolute Gasteiger partial charge is 0.136 e. The first-order valence-electron chi connectivity index (χ1n) is 8.36. The van der Waals surface area contributed by atoms with E-state index < -0.39 is 0 Å². The predicted octanol–water partition coefficient (Wildman–Crippen LogP) is 2.64. The zero-order valence-corrected chi connectivity index (χ0v) is 14.4. The summed E-state index contributed by atoms with van der Waals surface area (Å²) in [6.45, 7) is 5.88. The van der Waals surface area contributed by atoms with Crippen LogP contribution in [0.1, 0.15) is 35.4 Å². The third-order valence-electron chi connectivity index (χ3n) is 5.04. The maximum absolute atomic E-state index is 5.64. The van der Waals surface area contributed by atoms with Crippen LogP contribution in [0.5, 0.6) is 0 Å². The minimum absolute atomic E-state index is 0.239. The normalized spacial score (nSPS) is 21.8. The molecule has 6 heteroatoms. The van der Waals surface area contributed by atoms with E-state index in [0.29, 0.717) is 0 Å². The molecule has 0 radical (unpaired) electrons. The average molecular weight is 325 g/mol. The molecule has 126 valence electrons. The van der Waals surface area contributed by atoms with E-state index in [-0.39, 0.29) is 12.1 Å². The van der Waals surface area contributed by atoms with Crippen molar-refractivity contribution in [1.82, 2.24) is 24.3 Å². The lowest BCUT2D eigenvalue weighted by Gasteiger charge is -2.23. The van der Waals surface area contributed by atoms with Crippen molar-refractivity contribution < 1.29 is 4.74 Å². The number of pyridine rings is 1. The molecule has 1 fully saturated rings. The Morgan fingerprint density at radius 2 is 2.21 bits per heavy atom. The van der Waals surface area contributed by atoms with Crippen LogP contribution in [-0.4, -0.2) is 44.0 Å². The Kier molecular flexibility index (Phi) is 3.86. The van der Waals surface area contributed by atoms with Gasteiger partial charge >= 0.3 is 0 Å². The molecule has 24 heavy (non-hydrogen) atoms. The Morgan fingerprint density at radius 3 is 2.96 bits per heavy atom. The third kappa shape index (κ3) is 2.61. The van der Waals surface area contributed by atoms with Gasteiger partial charge in [-0.25, -0.2) is 9.97 Å². The number of hydrogen-bond donors (Lipinski definition) is 1. The number of aryl methyl sites for hydroxylation is 2. The van der Waals surface area contributed by atoms with Crippen molar-refractivity contribution in [3.05, 3.63) is 53.5 Å². The molecule has 3 aromatic rings. The number of H-pyrrole nitrogens is 1. The fraction of sp³-hybridized carbons (Fsp3) is 0.444. The molecule has 0 bridgehead atoms. The average Bonchev–Trinajstić information content (AvgIpc) is 3.27. The number of nitrogens with one attached hydrogen (secondary N) is 1. The summed E-state index contributed by atoms with van der Waals surface area (Å²) in [5.74, 6) is 1.04. The first kappa shape index (κ1) is 15.4. The van der Waals surface area contributed by atoms with Crippen molar-refractivity contribution in [3.63, 3.8) is 0 Å². The molecule has 4 rings (SSSR count). The topological polar surface area (TPSA) is 58.5 Å². The minimum Gasteiger partial charge on any atom is -0.380 e. The molecule has 6 nitrogen and oxygen atoms in total. The summed E-state index contributed by atoms with van der Waals surface area (Å²) in [6, 6.07) is 6.51. The number of rotatable bonds is 4. The van der Waals surface area contributed by atoms with Gasteiger partial charge in [0.25, 0.3) is 0 Å². The number of aromatic nitrogens is 4. The van der Waals surface area contributed by atoms with Crippen molar-refractivity contribution in [1.29, 1.82) is 0 Å². The molecule has 1 aliphatic rings. The van der Waals surface area contributed by atoms with Gasteiger partial charge in [-0.1, -0.05) is 6.07 Å². The summed E-state index contributed by atoms with van der Waals surface area (Å²) in [7, 11) is 1.79. The summed E-state index contributed by atoms with van der Waals surface area (Å²) in [4.78, 5) is 15.0. The molecule has 0 saturated carbocycles. The van der Waals surface area contributed by atoms with Crippen LogP contribution in [0.25, 0.3) is 5.65 Å². The Balaban J connectivity index is 1.65. The maximum atomic E-state index is 5.64. The van der Waals surface area contributed by atoms with Crippen molar-refractivity contribution in [2.24, 2.45) is 0 Å². The van der Waals surface area contributed by atoms with Crippen molar-refractivity contribution in [2.45, 2.75) is 39.0 Å². The molecule has 1 N–H and O–H groups in total. The largest absolute Gasteiger partial charge is 0.380 e. The van der Waals surface area contributed by atoms with Crippen LogP contribution >= 0.6 is 0 Å². The van der Waals surface area contributed by atoms with Crippen LogP contribution in [0.2, 0.25) is 0 Å². The molecule has 1 saturated heterocycles. The van der Waals surface area contributed by atoms with Gasteiger partial charge in [-0.05, 0) is 32.4 Å². The second kappa shape index (κ2) is 6.03. The predicted molar refractivity (Wildman–Crippen MR) is 91.8 cm³/mol. The lowest BCUT2D eigenvalue weighted by molar-refractivity contribution is 0.107. The van der Waals surface area contributed by atoms with E-state index in [4.69, 9.17) is 9.72 Å². The molecular formula is C18H23N5O. The van der Waals surface area contributed by atoms with Crippen LogP contribution < -0.4 is 0 Å². The van der Waals surface area contributed by atoms with Crippen molar-refractivity contribution in [2.75, 3.05) is 13.7 Å². The molecule has 3 aromatic heterocycles. The lowest BCUT2D eigenvalue weighted by Crippen LogP contribution is -2.26. The van der Waals surface area contributed by atoms with E-state index in [1.807, 2.05) is 18.5 Å². The first-order valence-corrected chi connectivity index (χ1v) is 8.36. The van der Waals surface area contributed by atoms with E-state index in [1.54, 1.807) is 7.11 Å². The fourth-order valence-corrected chi connectivity index (χ4v) is 3.57. The highest BCUT2D eigenvalue weighted by Gasteiger charge is 2.35. The number of methoxy groups -OCH3 is 1. The molecule has 0 aromatic carbocycles. The molecule has 2 atom stereocenters. The minimum atomic E-state index is 0.239. The van der Waals surface area contributed by atoms with Crippen LogP contribution in [0.3, 0.4) is 0 Å². The van der Waals surface area contributed by atoms with Gasteiger partial charge in [0, 0.05) is 44.0 Å². The maximum Gasteiger partial charge on any atom is 0.136 e. The fourth-order valence-electron chi connectivity index (χ4n) is 3.57. The number of hydrogen-bond acceptors (Lipinski definition) is 4. The second-order valence-electron chi connectivity index (χ2n) is 6.54. The van der Waals surface area contributed by atoms with Crippen LogP contribution in [0, 0.1) is 13.8 Å². The summed E-state index contributed by atoms with van der Waals surface area (Å²) in [5, 5.41) is 0. The van der Waals surface area contributed by atoms with Gasteiger partial charge in [0.05, 0.1) is 17.8 Å². The molecule has 1 aliphatic heterocycles. The standard InChI is InChI=1S/C18H23N5O/c1-12-13(2)21-18(20-12)16-9-15(24-3)11-22(16)10-14-5-4-6-17-19-7-8-23(14)17/h4-8,15-16H,9-11H2,1-3H3,(H,20,21)/t15-,16+/m1/s1. The third-order valence-corrected chi connectivity index (χ3v) is 5.04. The highest BCUT2D eigenvalue weighted by atomic mass is 16.5. The van der Waals surface area contributed by atoms with E-state index in [1.165, 1.54) is 5.69 Å². The number of aromatic amines is 1. The van der Waals surface area contributed by atoms with Gasteiger partial charge in [-0.3, -0.25) is 4.90 Å². The summed E-state index contributed by atoms with van der Waals surface area (Å²) in [5.41, 5.74) is 4.42. The number of imidazole rings is 2. The highest BCUT2D eigenvalue weighted by Crippen LogP contribution is 2.33. The molecule has 0 unspecified atom stereocenters. The van der Waals surface area contributed by atoms with E-state index in [9.17, 15) is 0 Å². The van der Waals surface area contributed by atoms with Gasteiger partial charge in [-0.2, -0.15) is 0 Å². The number of likely N-dealkylation sites (tertiary alicyclic amines) is 1. The Labute approximate surface area is 141 Å². The summed E-state index contributed by atoms with van der Waals surface area (Å²) in [6.07, 6.45) is 5.06. The van der Waals surface area contributed by atoms with E-state index in [0.717, 1.165) is 42.4 Å². The van der Waals surface area contributed by atoms with Gasteiger partial charge in [0.1, 0.15) is 11.5 Å². The zero-order chi connectivity index (χ0) is 16.7. The number of ether oxygens (including phenoxy) is 1. The lowest BCUT2D eigenvalue weighted by atomic mass is 10.2. The second-order valence-corrected chi connectivity index (χ2v) is 6.54. The number of fused-ring (bicyclic) bond motifs is 1. The van der Waals surface area contributed by atoms with Gasteiger partial charge < -0.3 is 14.1 Å². The Morgan fingerprint density at radius 1 is 1.33 bits per heavy atom. The Bertz CT molecular complexity index is 833. The zero-order valence-electron chi connectivity index (χ0n) is 14.4. The molecule has 0 amide bonds. The van der Waals surface area contributed by atoms with Gasteiger partial charge in [-0.15, -0.1) is 0 Å². The van der Waals surface area contributed by atoms with Gasteiger partial charge in [0.2, 0.25) is 0 Å². The molecule has 0 spiro atoms. The van der Waals surface area contributed by atoms with E-state index in [2.05, 4.69) is 45.2 Å². The summed E-state index contributed by atoms with van der Waals surface area (Å²) >= 11 is 0. The van der Waals surface area contributed by atoms with Crippen LogP contribution in [-0.2, 0) is 11.3 Å². The van der Waals surface area contributed by atoms with Gasteiger partial charge in [0.15, 0.2) is 0 Å². The van der Waals surface area contributed by atoms with E-state index >= 15 is 0 Å². The quantitative estimate of drug-likeness (QED) is 0.801. The molecule has 0 aliphatic carbocycles. The summed E-state index contributed by atoms with van der Waals surface area (Å²) < 4.78 is 7.79. The van der Waals surface area contributed by atoms with Crippen LogP contribution in [0.4, 0.5) is 0 Å². The van der Waals surface area contributed by atoms with Crippen LogP contribution in [0.15, 0.2) is 30.6 Å². The molecule has 4 heterocycles. The van der Waals surface area contributed by atoms with Crippen molar-refractivity contribution >= 4 is 5.65 Å². The highest BCUT2D eigenvalue weighted by molar-refractivity contribution is 5.39. The Hall–Kier alpha value is -2.18. The first-order chi connectivity index (χ1) is 11.7. The monoisotopic (exact) mass is 325 g/mol. The molecular weight excluding hydrogens is 302 g/mol.